The van der Waals surface area contributed by atoms with Crippen LogP contribution in [0.5, 0.6) is 11.5 Å². The molecular formula is C19H23NO3. The van der Waals surface area contributed by atoms with E-state index in [1.165, 1.54) is 0 Å². The van der Waals surface area contributed by atoms with Crippen LogP contribution in [0.3, 0.4) is 0 Å². The van der Waals surface area contributed by atoms with Crippen LogP contribution in [-0.4, -0.2) is 19.6 Å². The summed E-state index contributed by atoms with van der Waals surface area (Å²) >= 11 is 0. The van der Waals surface area contributed by atoms with Crippen molar-refractivity contribution in [3.05, 3.63) is 53.6 Å². The number of methoxy groups -OCH3 is 1. The van der Waals surface area contributed by atoms with Crippen LogP contribution in [0, 0.1) is 6.92 Å². The van der Waals surface area contributed by atoms with Crippen molar-refractivity contribution in [3.8, 4) is 11.5 Å². The maximum absolute atomic E-state index is 12.1. The summed E-state index contributed by atoms with van der Waals surface area (Å²) in [6.07, 6.45) is 0. The molecule has 4 nitrogen and oxygen atoms in total. The highest BCUT2D eigenvalue weighted by atomic mass is 16.5. The van der Waals surface area contributed by atoms with Crippen molar-refractivity contribution in [2.45, 2.75) is 26.7 Å². The Morgan fingerprint density at radius 2 is 1.87 bits per heavy atom. The molecule has 0 aliphatic heterocycles. The molecule has 0 aromatic heterocycles. The molecule has 0 unspecified atom stereocenters. The van der Waals surface area contributed by atoms with Crippen LogP contribution in [0.2, 0.25) is 0 Å². The molecular weight excluding hydrogens is 290 g/mol. The van der Waals surface area contributed by atoms with E-state index in [9.17, 15) is 4.79 Å². The fraction of sp³-hybridized carbons (Fsp3) is 0.316. The third-order valence-electron chi connectivity index (χ3n) is 3.53. The minimum Gasteiger partial charge on any atom is -0.495 e. The maximum atomic E-state index is 12.1. The van der Waals surface area contributed by atoms with Gasteiger partial charge >= 0.3 is 0 Å². The average Bonchev–Trinajstić information content (AvgIpc) is 2.53. The Balaban J connectivity index is 2.03. The molecule has 1 N–H and O–H groups in total. The summed E-state index contributed by atoms with van der Waals surface area (Å²) in [5, 5.41) is 2.81. The molecule has 0 saturated carbocycles. The smallest absolute Gasteiger partial charge is 0.262 e. The summed E-state index contributed by atoms with van der Waals surface area (Å²) in [4.78, 5) is 12.1. The monoisotopic (exact) mass is 313 g/mol. The van der Waals surface area contributed by atoms with E-state index in [0.29, 0.717) is 17.4 Å². The first-order valence-electron chi connectivity index (χ1n) is 7.67. The molecule has 0 radical (unpaired) electrons. The van der Waals surface area contributed by atoms with Crippen molar-refractivity contribution in [1.82, 2.24) is 0 Å². The third kappa shape index (κ3) is 4.49. The van der Waals surface area contributed by atoms with Gasteiger partial charge in [0.2, 0.25) is 0 Å². The van der Waals surface area contributed by atoms with E-state index in [4.69, 9.17) is 9.47 Å². The second-order valence-corrected chi connectivity index (χ2v) is 5.73. The number of amides is 1. The van der Waals surface area contributed by atoms with E-state index in [2.05, 4.69) is 25.2 Å². The lowest BCUT2D eigenvalue weighted by molar-refractivity contribution is -0.118. The fourth-order valence-corrected chi connectivity index (χ4v) is 2.32. The largest absolute Gasteiger partial charge is 0.495 e. The Kier molecular flexibility index (Phi) is 5.63. The van der Waals surface area contributed by atoms with Crippen molar-refractivity contribution >= 4 is 11.6 Å². The predicted octanol–water partition coefficient (Wildman–Crippen LogP) is 4.14. The Labute approximate surface area is 137 Å². The highest BCUT2D eigenvalue weighted by Gasteiger charge is 2.11. The van der Waals surface area contributed by atoms with Crippen molar-refractivity contribution in [2.75, 3.05) is 19.0 Å². The summed E-state index contributed by atoms with van der Waals surface area (Å²) in [6, 6.07) is 13.4. The highest BCUT2D eigenvalue weighted by Crippen LogP contribution is 2.28. The van der Waals surface area contributed by atoms with Crippen LogP contribution >= 0.6 is 0 Å². The molecule has 4 heteroatoms. The van der Waals surface area contributed by atoms with Gasteiger partial charge in [-0.2, -0.15) is 0 Å². The topological polar surface area (TPSA) is 47.6 Å². The van der Waals surface area contributed by atoms with E-state index in [0.717, 1.165) is 16.9 Å². The van der Waals surface area contributed by atoms with Crippen LogP contribution in [0.15, 0.2) is 42.5 Å². The van der Waals surface area contributed by atoms with Gasteiger partial charge in [-0.25, -0.2) is 0 Å². The van der Waals surface area contributed by atoms with Gasteiger partial charge in [-0.05, 0) is 42.2 Å². The minimum absolute atomic E-state index is 0.0405. The van der Waals surface area contributed by atoms with Gasteiger partial charge in [0, 0.05) is 0 Å². The van der Waals surface area contributed by atoms with Gasteiger partial charge in [0.05, 0.1) is 12.8 Å². The summed E-state index contributed by atoms with van der Waals surface area (Å²) in [7, 11) is 1.57. The van der Waals surface area contributed by atoms with Gasteiger partial charge in [-0.3, -0.25) is 4.79 Å². The molecule has 0 aliphatic rings. The number of carbonyl (C=O) groups is 1. The number of rotatable bonds is 6. The van der Waals surface area contributed by atoms with E-state index in [1.54, 1.807) is 19.2 Å². The maximum Gasteiger partial charge on any atom is 0.262 e. The van der Waals surface area contributed by atoms with Gasteiger partial charge in [-0.15, -0.1) is 0 Å². The lowest BCUT2D eigenvalue weighted by atomic mass is 10.0. The zero-order valence-corrected chi connectivity index (χ0v) is 14.1. The summed E-state index contributed by atoms with van der Waals surface area (Å²) in [6.45, 7) is 6.17. The number of hydrogen-bond donors (Lipinski definition) is 1. The molecule has 122 valence electrons. The Hall–Kier alpha value is -2.49. The third-order valence-corrected chi connectivity index (χ3v) is 3.53. The lowest BCUT2D eigenvalue weighted by Crippen LogP contribution is -2.21. The normalized spacial score (nSPS) is 10.5. The first-order valence-corrected chi connectivity index (χ1v) is 7.67. The van der Waals surface area contributed by atoms with Crippen LogP contribution < -0.4 is 14.8 Å². The standard InChI is InChI=1S/C19H23NO3/c1-13(2)15-10-9-14(3)11-18(15)23-12-19(21)20-16-7-5-6-8-17(16)22-4/h5-11,13H,12H2,1-4H3,(H,20,21). The Bertz CT molecular complexity index is 680. The first-order chi connectivity index (χ1) is 11.0. The zero-order chi connectivity index (χ0) is 16.8. The number of hydrogen-bond acceptors (Lipinski definition) is 3. The number of aryl methyl sites for hydroxylation is 1. The van der Waals surface area contributed by atoms with E-state index in [-0.39, 0.29) is 12.5 Å². The number of nitrogens with one attached hydrogen (secondary N) is 1. The van der Waals surface area contributed by atoms with Crippen molar-refractivity contribution in [3.63, 3.8) is 0 Å². The van der Waals surface area contributed by atoms with Gasteiger partial charge in [0.1, 0.15) is 11.5 Å². The van der Waals surface area contributed by atoms with Crippen molar-refractivity contribution in [1.29, 1.82) is 0 Å². The van der Waals surface area contributed by atoms with Crippen LogP contribution in [0.4, 0.5) is 5.69 Å². The molecule has 1 amide bonds. The van der Waals surface area contributed by atoms with Crippen LogP contribution in [0.1, 0.15) is 30.9 Å². The molecule has 0 fully saturated rings. The lowest BCUT2D eigenvalue weighted by Gasteiger charge is -2.15. The molecule has 0 atom stereocenters. The van der Waals surface area contributed by atoms with Crippen molar-refractivity contribution in [2.24, 2.45) is 0 Å². The first kappa shape index (κ1) is 16.9. The highest BCUT2D eigenvalue weighted by molar-refractivity contribution is 5.93. The quantitative estimate of drug-likeness (QED) is 0.871. The summed E-state index contributed by atoms with van der Waals surface area (Å²) in [5.41, 5.74) is 2.84. The minimum atomic E-state index is -0.217. The number of ether oxygens (including phenoxy) is 2. The molecule has 2 rings (SSSR count). The number of benzene rings is 2. The van der Waals surface area contributed by atoms with Gasteiger partial charge in [0.15, 0.2) is 6.61 Å². The van der Waals surface area contributed by atoms with E-state index < -0.39 is 0 Å². The fourth-order valence-electron chi connectivity index (χ4n) is 2.32. The zero-order valence-electron chi connectivity index (χ0n) is 14.1. The van der Waals surface area contributed by atoms with Crippen LogP contribution in [0.25, 0.3) is 0 Å². The van der Waals surface area contributed by atoms with Gasteiger partial charge in [0.25, 0.3) is 5.91 Å². The molecule has 0 heterocycles. The summed E-state index contributed by atoms with van der Waals surface area (Å²) < 4.78 is 11.0. The van der Waals surface area contributed by atoms with E-state index >= 15 is 0 Å². The molecule has 0 aliphatic carbocycles. The molecule has 2 aromatic carbocycles. The molecule has 0 bridgehead atoms. The molecule has 0 spiro atoms. The van der Waals surface area contributed by atoms with Crippen molar-refractivity contribution < 1.29 is 14.3 Å². The molecule has 23 heavy (non-hydrogen) atoms. The van der Waals surface area contributed by atoms with Crippen LogP contribution in [-0.2, 0) is 4.79 Å². The molecule has 2 aromatic rings. The van der Waals surface area contributed by atoms with Gasteiger partial charge < -0.3 is 14.8 Å². The second-order valence-electron chi connectivity index (χ2n) is 5.73. The molecule has 0 saturated heterocycles. The number of carbonyl (C=O) groups excluding carboxylic acids is 1. The van der Waals surface area contributed by atoms with Gasteiger partial charge in [-0.1, -0.05) is 38.1 Å². The summed E-state index contributed by atoms with van der Waals surface area (Å²) in [5.74, 6) is 1.50. The van der Waals surface area contributed by atoms with E-state index in [1.807, 2.05) is 31.2 Å². The average molecular weight is 313 g/mol. The predicted molar refractivity (Wildman–Crippen MR) is 92.4 cm³/mol. The Morgan fingerprint density at radius 1 is 1.13 bits per heavy atom. The Morgan fingerprint density at radius 3 is 2.57 bits per heavy atom. The number of para-hydroxylation sites is 2. The second kappa shape index (κ2) is 7.68. The SMILES string of the molecule is COc1ccccc1NC(=O)COc1cc(C)ccc1C(C)C. The number of anilines is 1.